The second-order valence-electron chi connectivity index (χ2n) is 7.23. The Labute approximate surface area is 143 Å². The van der Waals surface area contributed by atoms with Gasteiger partial charge in [0.05, 0.1) is 11.8 Å². The Morgan fingerprint density at radius 2 is 2.25 bits per heavy atom. The molecule has 1 aromatic rings. The summed E-state index contributed by atoms with van der Waals surface area (Å²) in [6.07, 6.45) is 10.5. The minimum Gasteiger partial charge on any atom is -0.393 e. The van der Waals surface area contributed by atoms with Crippen LogP contribution in [-0.2, 0) is 6.42 Å². The molecule has 1 aliphatic carbocycles. The van der Waals surface area contributed by atoms with Gasteiger partial charge < -0.3 is 15.3 Å². The highest BCUT2D eigenvalue weighted by molar-refractivity contribution is 5.74. The maximum Gasteiger partial charge on any atom is 0.317 e. The Balaban J connectivity index is 1.53. The SMILES string of the molecule is C[C@@H]1CC[C@H](O)[C@H]([C@H]2CCCN2C(=O)NCCc2cnccn2)C1. The van der Waals surface area contributed by atoms with Crippen LogP contribution in [0.4, 0.5) is 4.79 Å². The molecule has 132 valence electrons. The first-order valence-corrected chi connectivity index (χ1v) is 9.12. The molecule has 3 rings (SSSR count). The van der Waals surface area contributed by atoms with Crippen LogP contribution in [0.3, 0.4) is 0 Å². The molecule has 0 bridgehead atoms. The monoisotopic (exact) mass is 332 g/mol. The fourth-order valence-corrected chi connectivity index (χ4v) is 4.17. The van der Waals surface area contributed by atoms with Crippen LogP contribution in [0, 0.1) is 11.8 Å². The summed E-state index contributed by atoms with van der Waals surface area (Å²) in [5.74, 6) is 0.863. The Bertz CT molecular complexity index is 539. The van der Waals surface area contributed by atoms with Gasteiger partial charge in [-0.3, -0.25) is 9.97 Å². The Kier molecular flexibility index (Phi) is 5.66. The minimum atomic E-state index is -0.265. The van der Waals surface area contributed by atoms with Crippen LogP contribution in [0.25, 0.3) is 0 Å². The largest absolute Gasteiger partial charge is 0.393 e. The van der Waals surface area contributed by atoms with E-state index in [0.29, 0.717) is 18.9 Å². The zero-order valence-corrected chi connectivity index (χ0v) is 14.4. The molecule has 6 heteroatoms. The van der Waals surface area contributed by atoms with Gasteiger partial charge in [0.2, 0.25) is 0 Å². The lowest BCUT2D eigenvalue weighted by Gasteiger charge is -2.39. The lowest BCUT2D eigenvalue weighted by molar-refractivity contribution is 0.0153. The zero-order chi connectivity index (χ0) is 16.9. The summed E-state index contributed by atoms with van der Waals surface area (Å²) in [4.78, 5) is 22.8. The molecule has 6 nitrogen and oxygen atoms in total. The molecule has 1 saturated carbocycles. The predicted molar refractivity (Wildman–Crippen MR) is 91.4 cm³/mol. The van der Waals surface area contributed by atoms with E-state index in [2.05, 4.69) is 22.2 Å². The zero-order valence-electron chi connectivity index (χ0n) is 14.4. The van der Waals surface area contributed by atoms with Crippen molar-refractivity contribution in [3.63, 3.8) is 0 Å². The second kappa shape index (κ2) is 7.92. The van der Waals surface area contributed by atoms with Gasteiger partial charge >= 0.3 is 6.03 Å². The van der Waals surface area contributed by atoms with E-state index in [1.165, 1.54) is 0 Å². The van der Waals surface area contributed by atoms with Crippen molar-refractivity contribution in [2.45, 2.75) is 57.6 Å². The minimum absolute atomic E-state index is 0.00758. The third-order valence-electron chi connectivity index (χ3n) is 5.45. The number of amides is 2. The van der Waals surface area contributed by atoms with Crippen LogP contribution >= 0.6 is 0 Å². The summed E-state index contributed by atoms with van der Waals surface area (Å²) in [6.45, 7) is 3.60. The fourth-order valence-electron chi connectivity index (χ4n) is 4.17. The van der Waals surface area contributed by atoms with E-state index >= 15 is 0 Å². The van der Waals surface area contributed by atoms with Crippen molar-refractivity contribution in [1.82, 2.24) is 20.2 Å². The van der Waals surface area contributed by atoms with Gasteiger partial charge in [-0.05, 0) is 38.0 Å². The van der Waals surface area contributed by atoms with Gasteiger partial charge in [0.25, 0.3) is 0 Å². The summed E-state index contributed by atoms with van der Waals surface area (Å²) in [7, 11) is 0. The van der Waals surface area contributed by atoms with Gasteiger partial charge in [0.1, 0.15) is 0 Å². The number of rotatable bonds is 4. The molecule has 2 fully saturated rings. The van der Waals surface area contributed by atoms with Gasteiger partial charge in [-0.15, -0.1) is 0 Å². The number of aromatic nitrogens is 2. The van der Waals surface area contributed by atoms with Gasteiger partial charge in [-0.2, -0.15) is 0 Å². The van der Waals surface area contributed by atoms with Crippen LogP contribution in [0.15, 0.2) is 18.6 Å². The maximum atomic E-state index is 12.6. The number of likely N-dealkylation sites (tertiary alicyclic amines) is 1. The van der Waals surface area contributed by atoms with Gasteiger partial charge in [0, 0.05) is 50.1 Å². The molecular weight excluding hydrogens is 304 g/mol. The van der Waals surface area contributed by atoms with Crippen LogP contribution in [0.2, 0.25) is 0 Å². The lowest BCUT2D eigenvalue weighted by Crippen LogP contribution is -2.49. The molecule has 0 unspecified atom stereocenters. The summed E-state index contributed by atoms with van der Waals surface area (Å²) in [6, 6.07) is 0.172. The van der Waals surface area contributed by atoms with Crippen molar-refractivity contribution in [2.24, 2.45) is 11.8 Å². The number of nitrogens with one attached hydrogen (secondary N) is 1. The molecule has 0 aromatic carbocycles. The van der Waals surface area contributed by atoms with Crippen LogP contribution in [-0.4, -0.2) is 51.2 Å². The van der Waals surface area contributed by atoms with E-state index in [-0.39, 0.29) is 24.1 Å². The molecule has 0 radical (unpaired) electrons. The molecule has 1 saturated heterocycles. The molecule has 1 aromatic heterocycles. The van der Waals surface area contributed by atoms with Crippen LogP contribution in [0.5, 0.6) is 0 Å². The van der Waals surface area contributed by atoms with Crippen LogP contribution in [0.1, 0.15) is 44.7 Å². The van der Waals surface area contributed by atoms with Crippen molar-refractivity contribution in [2.75, 3.05) is 13.1 Å². The lowest BCUT2D eigenvalue weighted by atomic mass is 9.76. The maximum absolute atomic E-state index is 12.6. The van der Waals surface area contributed by atoms with Crippen molar-refractivity contribution in [3.8, 4) is 0 Å². The molecule has 24 heavy (non-hydrogen) atoms. The van der Waals surface area contributed by atoms with Crippen molar-refractivity contribution < 1.29 is 9.90 Å². The number of aliphatic hydroxyl groups is 1. The van der Waals surface area contributed by atoms with E-state index in [4.69, 9.17) is 0 Å². The molecule has 2 N–H and O–H groups in total. The highest BCUT2D eigenvalue weighted by Gasteiger charge is 2.40. The fraction of sp³-hybridized carbons (Fsp3) is 0.722. The number of carbonyl (C=O) groups is 1. The first-order chi connectivity index (χ1) is 11.6. The van der Waals surface area contributed by atoms with Crippen molar-refractivity contribution in [3.05, 3.63) is 24.3 Å². The third-order valence-corrected chi connectivity index (χ3v) is 5.45. The average Bonchev–Trinajstić information content (AvgIpc) is 3.07. The summed E-state index contributed by atoms with van der Waals surface area (Å²) in [5.41, 5.74) is 0.882. The summed E-state index contributed by atoms with van der Waals surface area (Å²) < 4.78 is 0. The van der Waals surface area contributed by atoms with Gasteiger partial charge in [-0.25, -0.2) is 4.79 Å². The summed E-state index contributed by atoms with van der Waals surface area (Å²) in [5, 5.41) is 13.4. The highest BCUT2D eigenvalue weighted by Crippen LogP contribution is 2.37. The average molecular weight is 332 g/mol. The second-order valence-corrected chi connectivity index (χ2v) is 7.23. The standard InChI is InChI=1S/C18H28N4O2/c1-13-4-5-17(23)15(11-13)16-3-2-10-22(16)18(24)21-7-6-14-12-19-8-9-20-14/h8-9,12-13,15-17,23H,2-7,10-11H2,1H3,(H,21,24)/t13-,15+,16-,17+/m1/s1. The van der Waals surface area contributed by atoms with Crippen molar-refractivity contribution in [1.29, 1.82) is 0 Å². The Hall–Kier alpha value is -1.69. The highest BCUT2D eigenvalue weighted by atomic mass is 16.3. The van der Waals surface area contributed by atoms with Crippen molar-refractivity contribution >= 4 is 6.03 Å². The third kappa shape index (κ3) is 4.04. The van der Waals surface area contributed by atoms with E-state index < -0.39 is 0 Å². The first kappa shape index (κ1) is 17.1. The quantitative estimate of drug-likeness (QED) is 0.884. The number of aliphatic hydroxyl groups excluding tert-OH is 1. The molecule has 1 aliphatic heterocycles. The van der Waals surface area contributed by atoms with E-state index in [1.54, 1.807) is 18.6 Å². The van der Waals surface area contributed by atoms with E-state index in [0.717, 1.165) is 44.3 Å². The molecule has 4 atom stereocenters. The first-order valence-electron chi connectivity index (χ1n) is 9.12. The number of carbonyl (C=O) groups excluding carboxylic acids is 1. The number of hydrogen-bond acceptors (Lipinski definition) is 4. The number of urea groups is 1. The van der Waals surface area contributed by atoms with Crippen LogP contribution < -0.4 is 5.32 Å². The molecule has 0 spiro atoms. The Morgan fingerprint density at radius 3 is 3.04 bits per heavy atom. The van der Waals surface area contributed by atoms with E-state index in [9.17, 15) is 9.90 Å². The molecule has 2 heterocycles. The summed E-state index contributed by atoms with van der Waals surface area (Å²) >= 11 is 0. The molecule has 2 amide bonds. The smallest absolute Gasteiger partial charge is 0.317 e. The molecular formula is C18H28N4O2. The normalized spacial score (nSPS) is 30.3. The molecule has 2 aliphatic rings. The van der Waals surface area contributed by atoms with Gasteiger partial charge in [0.15, 0.2) is 0 Å². The topological polar surface area (TPSA) is 78.4 Å². The van der Waals surface area contributed by atoms with E-state index in [1.807, 2.05) is 4.90 Å². The Morgan fingerprint density at radius 1 is 1.38 bits per heavy atom. The number of hydrogen-bond donors (Lipinski definition) is 2. The van der Waals surface area contributed by atoms with Gasteiger partial charge in [-0.1, -0.05) is 6.92 Å². The predicted octanol–water partition coefficient (Wildman–Crippen LogP) is 1.99. The number of nitrogens with zero attached hydrogens (tertiary/aromatic N) is 3.